The fourth-order valence-electron chi connectivity index (χ4n) is 6.27. The predicted octanol–water partition coefficient (Wildman–Crippen LogP) is 5.59. The molecular formula is C32H29Cl2F2N7O3. The third-order valence-corrected chi connectivity index (χ3v) is 9.07. The van der Waals surface area contributed by atoms with E-state index in [0.717, 1.165) is 12.1 Å². The van der Waals surface area contributed by atoms with Crippen molar-refractivity contribution in [2.24, 2.45) is 0 Å². The number of pyridine rings is 3. The Morgan fingerprint density at radius 2 is 1.89 bits per heavy atom. The van der Waals surface area contributed by atoms with Gasteiger partial charge in [-0.05, 0) is 49.6 Å². The number of nitrogens with one attached hydrogen (secondary N) is 1. The van der Waals surface area contributed by atoms with Gasteiger partial charge in [-0.1, -0.05) is 43.6 Å². The number of carbonyl (C=O) groups is 2. The highest BCUT2D eigenvalue weighted by atomic mass is 35.5. The maximum atomic E-state index is 16.3. The summed E-state index contributed by atoms with van der Waals surface area (Å²) in [6.45, 7) is 11.1. The van der Waals surface area contributed by atoms with Gasteiger partial charge in [0, 0.05) is 24.2 Å². The standard InChI is InChI=1S/C32H29Cl2F2N7O3/c1-6-21(44)41-12-20-31(45)40-27-29(42(20)11-15(41)5)16-9-19(35)26(22-23(36)17(33)10-18(34)24(22)37)39-30(16)43(32(27)46)28-14(4)7-8-38-25(28)13(2)3/h6-10,13,15,20H,1,11-12,37H2,2-5H3,(H,40,45). The van der Waals surface area contributed by atoms with Crippen molar-refractivity contribution in [2.75, 3.05) is 29.0 Å². The molecule has 1 fully saturated rings. The number of nitrogens with zero attached hydrogens (tertiary/aromatic N) is 5. The van der Waals surface area contributed by atoms with Crippen LogP contribution in [0.4, 0.5) is 25.8 Å². The number of aromatic nitrogens is 3. The smallest absolute Gasteiger partial charge is 0.282 e. The van der Waals surface area contributed by atoms with E-state index < -0.39 is 51.5 Å². The summed E-state index contributed by atoms with van der Waals surface area (Å²) in [5, 5.41) is 2.38. The highest BCUT2D eigenvalue weighted by Gasteiger charge is 2.44. The number of benzene rings is 1. The van der Waals surface area contributed by atoms with Crippen LogP contribution in [0.25, 0.3) is 28.0 Å². The maximum absolute atomic E-state index is 16.3. The highest BCUT2D eigenvalue weighted by Crippen LogP contribution is 2.43. The summed E-state index contributed by atoms with van der Waals surface area (Å²) in [6, 6.07) is 2.65. The number of nitrogens with two attached hydrogens (primary N) is 1. The molecule has 1 saturated heterocycles. The van der Waals surface area contributed by atoms with Crippen molar-refractivity contribution in [3.63, 3.8) is 0 Å². The third kappa shape index (κ3) is 4.70. The molecule has 46 heavy (non-hydrogen) atoms. The molecule has 5 heterocycles. The van der Waals surface area contributed by atoms with E-state index in [1.54, 1.807) is 31.0 Å². The zero-order chi connectivity index (χ0) is 33.4. The molecule has 1 aromatic carbocycles. The monoisotopic (exact) mass is 667 g/mol. The number of fused-ring (bicyclic) bond motifs is 5. The van der Waals surface area contributed by atoms with Crippen molar-refractivity contribution in [1.29, 1.82) is 0 Å². The van der Waals surface area contributed by atoms with Gasteiger partial charge in [0.05, 0.1) is 44.9 Å². The molecule has 6 rings (SSSR count). The van der Waals surface area contributed by atoms with Gasteiger partial charge in [-0.25, -0.2) is 13.8 Å². The van der Waals surface area contributed by atoms with Crippen LogP contribution in [0.15, 0.2) is 41.8 Å². The van der Waals surface area contributed by atoms with Crippen molar-refractivity contribution in [3.8, 4) is 16.9 Å². The van der Waals surface area contributed by atoms with Crippen molar-refractivity contribution in [2.45, 2.75) is 45.7 Å². The van der Waals surface area contributed by atoms with Crippen molar-refractivity contribution in [3.05, 3.63) is 80.3 Å². The van der Waals surface area contributed by atoms with Crippen molar-refractivity contribution in [1.82, 2.24) is 19.4 Å². The van der Waals surface area contributed by atoms with Crippen LogP contribution in [-0.2, 0) is 9.59 Å². The minimum absolute atomic E-state index is 0.00215. The van der Waals surface area contributed by atoms with Crippen LogP contribution in [0, 0.1) is 18.6 Å². The van der Waals surface area contributed by atoms with E-state index >= 15 is 8.78 Å². The van der Waals surface area contributed by atoms with Crippen LogP contribution in [0.5, 0.6) is 0 Å². The minimum Gasteiger partial charge on any atom is -0.397 e. The number of aryl methyl sites for hydroxylation is 1. The Morgan fingerprint density at radius 1 is 1.17 bits per heavy atom. The Balaban J connectivity index is 1.75. The van der Waals surface area contributed by atoms with Crippen molar-refractivity contribution < 1.29 is 18.4 Å². The third-order valence-electron chi connectivity index (χ3n) is 8.48. The molecule has 0 bridgehead atoms. The number of hydrogen-bond donors (Lipinski definition) is 2. The molecule has 10 nitrogen and oxygen atoms in total. The van der Waals surface area contributed by atoms with Gasteiger partial charge in [-0.3, -0.25) is 23.9 Å². The van der Waals surface area contributed by atoms with Gasteiger partial charge in [0.1, 0.15) is 17.4 Å². The van der Waals surface area contributed by atoms with E-state index in [1.807, 2.05) is 13.8 Å². The maximum Gasteiger partial charge on any atom is 0.282 e. The average Bonchev–Trinajstić information content (AvgIpc) is 3.00. The number of halogens is 4. The van der Waals surface area contributed by atoms with E-state index in [9.17, 15) is 14.4 Å². The first kappa shape index (κ1) is 31.4. The zero-order valence-corrected chi connectivity index (χ0v) is 26.8. The minimum atomic E-state index is -1.04. The van der Waals surface area contributed by atoms with Crippen LogP contribution in [-0.4, -0.2) is 56.4 Å². The van der Waals surface area contributed by atoms with E-state index in [2.05, 4.69) is 21.9 Å². The molecule has 3 aromatic heterocycles. The molecule has 2 aliphatic rings. The summed E-state index contributed by atoms with van der Waals surface area (Å²) in [4.78, 5) is 53.0. The number of hydrogen-bond acceptors (Lipinski definition) is 7. The van der Waals surface area contributed by atoms with Crippen molar-refractivity contribution >= 4 is 63.1 Å². The second-order valence-electron chi connectivity index (χ2n) is 11.7. The molecule has 0 radical (unpaired) electrons. The molecule has 0 saturated carbocycles. The number of rotatable bonds is 4. The Bertz CT molecular complexity index is 2040. The van der Waals surface area contributed by atoms with Gasteiger partial charge in [-0.2, -0.15) is 0 Å². The number of piperazine rings is 1. The number of amides is 2. The topological polar surface area (TPSA) is 126 Å². The first-order chi connectivity index (χ1) is 21.8. The molecule has 4 aromatic rings. The number of nitrogen functional groups attached to an aromatic ring is 1. The molecule has 238 valence electrons. The van der Waals surface area contributed by atoms with Gasteiger partial charge in [0.2, 0.25) is 11.8 Å². The van der Waals surface area contributed by atoms with E-state index in [0.29, 0.717) is 16.9 Å². The second-order valence-corrected chi connectivity index (χ2v) is 12.5. The molecule has 14 heteroatoms. The second kappa shape index (κ2) is 11.4. The average molecular weight is 669 g/mol. The molecular weight excluding hydrogens is 639 g/mol. The molecule has 2 atom stereocenters. The summed E-state index contributed by atoms with van der Waals surface area (Å²) in [7, 11) is 0. The van der Waals surface area contributed by atoms with Crippen LogP contribution in [0.1, 0.15) is 37.9 Å². The summed E-state index contributed by atoms with van der Waals surface area (Å²) >= 11 is 12.3. The first-order valence-electron chi connectivity index (χ1n) is 14.5. The molecule has 0 aliphatic carbocycles. The molecule has 2 aliphatic heterocycles. The fourth-order valence-corrected chi connectivity index (χ4v) is 6.73. The van der Waals surface area contributed by atoms with Gasteiger partial charge in [-0.15, -0.1) is 0 Å². The van der Waals surface area contributed by atoms with Gasteiger partial charge in [0.25, 0.3) is 5.56 Å². The summed E-state index contributed by atoms with van der Waals surface area (Å²) in [6.07, 6.45) is 2.78. The zero-order valence-electron chi connectivity index (χ0n) is 25.3. The number of anilines is 3. The van der Waals surface area contributed by atoms with E-state index in [1.165, 1.54) is 15.5 Å². The molecule has 3 N–H and O–H groups in total. The Labute approximate surface area is 272 Å². The lowest BCUT2D eigenvalue weighted by atomic mass is 9.98. The largest absolute Gasteiger partial charge is 0.397 e. The predicted molar refractivity (Wildman–Crippen MR) is 175 cm³/mol. The lowest BCUT2D eigenvalue weighted by Gasteiger charge is -2.48. The van der Waals surface area contributed by atoms with E-state index in [4.69, 9.17) is 28.9 Å². The number of carbonyl (C=O) groups excluding carboxylic acids is 2. The van der Waals surface area contributed by atoms with Gasteiger partial charge in [0.15, 0.2) is 17.3 Å². The molecule has 2 amide bonds. The summed E-state index contributed by atoms with van der Waals surface area (Å²) in [5.41, 5.74) is 5.87. The fraction of sp³-hybridized carbons (Fsp3) is 0.281. The SMILES string of the molecule is C=CC(=O)N1CC2C(=O)Nc3c(c4cc(F)c(-c5c(N)c(Cl)cc(Cl)c5F)nc4n(-c4c(C)ccnc4C(C)C)c3=O)N2CC1C. The van der Waals surface area contributed by atoms with Crippen LogP contribution in [0.3, 0.4) is 0 Å². The first-order valence-corrected chi connectivity index (χ1v) is 15.2. The summed E-state index contributed by atoms with van der Waals surface area (Å²) < 4.78 is 33.0. The van der Waals surface area contributed by atoms with Crippen LogP contribution >= 0.6 is 23.2 Å². The Hall–Kier alpha value is -4.55. The highest BCUT2D eigenvalue weighted by molar-refractivity contribution is 6.37. The Morgan fingerprint density at radius 3 is 2.57 bits per heavy atom. The molecule has 2 unspecified atom stereocenters. The van der Waals surface area contributed by atoms with Gasteiger partial charge >= 0.3 is 0 Å². The summed E-state index contributed by atoms with van der Waals surface area (Å²) in [5.74, 6) is -3.03. The van der Waals surface area contributed by atoms with Crippen LogP contribution in [0.2, 0.25) is 10.0 Å². The quantitative estimate of drug-likeness (QED) is 0.165. The van der Waals surface area contributed by atoms with E-state index in [-0.39, 0.29) is 58.0 Å². The lowest BCUT2D eigenvalue weighted by Crippen LogP contribution is -2.64. The Kier molecular flexibility index (Phi) is 7.76. The van der Waals surface area contributed by atoms with Gasteiger partial charge < -0.3 is 20.9 Å². The lowest BCUT2D eigenvalue weighted by molar-refractivity contribution is -0.130. The molecule has 0 spiro atoms. The van der Waals surface area contributed by atoms with Crippen LogP contribution < -0.4 is 21.5 Å². The normalized spacial score (nSPS) is 17.6.